The van der Waals surface area contributed by atoms with Crippen molar-refractivity contribution in [3.05, 3.63) is 26.2 Å². The molecule has 0 aliphatic rings. The van der Waals surface area contributed by atoms with E-state index in [2.05, 4.69) is 5.10 Å². The summed E-state index contributed by atoms with van der Waals surface area (Å²) in [6.45, 7) is 1.08. The number of rotatable bonds is 5. The largest absolute Gasteiger partial charge is 0.394 e. The third-order valence-electron chi connectivity index (χ3n) is 1.52. The van der Waals surface area contributed by atoms with Crippen molar-refractivity contribution in [2.24, 2.45) is 0 Å². The predicted molar refractivity (Wildman–Crippen MR) is 59.1 cm³/mol. The van der Waals surface area contributed by atoms with Gasteiger partial charge in [0.15, 0.2) is 0 Å². The van der Waals surface area contributed by atoms with Gasteiger partial charge in [0.2, 0.25) is 0 Å². The van der Waals surface area contributed by atoms with Gasteiger partial charge in [0.25, 0.3) is 5.56 Å². The molecule has 0 atom stereocenters. The second-order valence-electron chi connectivity index (χ2n) is 2.57. The minimum absolute atomic E-state index is 0.00494. The summed E-state index contributed by atoms with van der Waals surface area (Å²) in [6.07, 6.45) is 1.62. The molecule has 0 saturated carbocycles. The highest BCUT2D eigenvalue weighted by Crippen LogP contribution is 1.95. The van der Waals surface area contributed by atoms with Crippen LogP contribution in [0.25, 0.3) is 0 Å². The van der Waals surface area contributed by atoms with Crippen molar-refractivity contribution in [3.63, 3.8) is 0 Å². The van der Waals surface area contributed by atoms with E-state index in [9.17, 15) is 4.79 Å². The van der Waals surface area contributed by atoms with Crippen LogP contribution in [0.15, 0.2) is 17.1 Å². The second kappa shape index (κ2) is 6.10. The van der Waals surface area contributed by atoms with E-state index in [1.165, 1.54) is 10.7 Å². The first kappa shape index (κ1) is 11.6. The zero-order valence-corrected chi connectivity index (χ0v) is 9.68. The number of halogens is 1. The molecular formula is C8H11IN2O3. The third-order valence-corrected chi connectivity index (χ3v) is 2.11. The van der Waals surface area contributed by atoms with Gasteiger partial charge in [0, 0.05) is 9.64 Å². The Morgan fingerprint density at radius 2 is 2.36 bits per heavy atom. The third kappa shape index (κ3) is 3.72. The van der Waals surface area contributed by atoms with Gasteiger partial charge < -0.3 is 9.84 Å². The van der Waals surface area contributed by atoms with Gasteiger partial charge in [-0.3, -0.25) is 4.79 Å². The number of aliphatic hydroxyl groups is 1. The summed E-state index contributed by atoms with van der Waals surface area (Å²) in [6, 6.07) is 1.51. The highest BCUT2D eigenvalue weighted by Gasteiger charge is 1.97. The zero-order valence-electron chi connectivity index (χ0n) is 7.52. The van der Waals surface area contributed by atoms with Crippen molar-refractivity contribution < 1.29 is 9.84 Å². The molecule has 0 aromatic carbocycles. The van der Waals surface area contributed by atoms with E-state index in [-0.39, 0.29) is 12.2 Å². The maximum absolute atomic E-state index is 11.3. The minimum atomic E-state index is -0.135. The van der Waals surface area contributed by atoms with Crippen LogP contribution >= 0.6 is 22.6 Å². The lowest BCUT2D eigenvalue weighted by molar-refractivity contribution is 0.0846. The van der Waals surface area contributed by atoms with Gasteiger partial charge in [-0.1, -0.05) is 0 Å². The Hall–Kier alpha value is -0.470. The molecule has 5 nitrogen and oxygen atoms in total. The maximum atomic E-state index is 11.3. The lowest BCUT2D eigenvalue weighted by Gasteiger charge is -2.04. The monoisotopic (exact) mass is 310 g/mol. The molecule has 6 heteroatoms. The van der Waals surface area contributed by atoms with Crippen LogP contribution in [0.2, 0.25) is 0 Å². The van der Waals surface area contributed by atoms with E-state index < -0.39 is 0 Å². The molecule has 0 bridgehead atoms. The van der Waals surface area contributed by atoms with E-state index in [1.807, 2.05) is 22.6 Å². The number of aromatic nitrogens is 2. The molecule has 1 N–H and O–H groups in total. The van der Waals surface area contributed by atoms with Gasteiger partial charge in [-0.2, -0.15) is 5.10 Å². The summed E-state index contributed by atoms with van der Waals surface area (Å²) in [7, 11) is 0. The first-order valence-electron chi connectivity index (χ1n) is 4.15. The molecule has 0 amide bonds. The van der Waals surface area contributed by atoms with Crippen molar-refractivity contribution in [3.8, 4) is 0 Å². The van der Waals surface area contributed by atoms with Crippen LogP contribution in [0.3, 0.4) is 0 Å². The number of hydrogen-bond donors (Lipinski definition) is 1. The summed E-state index contributed by atoms with van der Waals surface area (Å²) >= 11 is 2.03. The topological polar surface area (TPSA) is 64.4 Å². The molecule has 78 valence electrons. The summed E-state index contributed by atoms with van der Waals surface area (Å²) in [4.78, 5) is 11.3. The van der Waals surface area contributed by atoms with Crippen molar-refractivity contribution >= 4 is 22.6 Å². The Morgan fingerprint density at radius 1 is 1.57 bits per heavy atom. The average Bonchev–Trinajstić information content (AvgIpc) is 2.15. The van der Waals surface area contributed by atoms with Gasteiger partial charge in [-0.05, 0) is 22.6 Å². The van der Waals surface area contributed by atoms with Crippen LogP contribution < -0.4 is 5.56 Å². The highest BCUT2D eigenvalue weighted by molar-refractivity contribution is 14.1. The molecule has 0 radical (unpaired) electrons. The van der Waals surface area contributed by atoms with Crippen molar-refractivity contribution in [2.75, 3.05) is 19.8 Å². The summed E-state index contributed by atoms with van der Waals surface area (Å²) in [5.74, 6) is 0. The fourth-order valence-electron chi connectivity index (χ4n) is 0.897. The van der Waals surface area contributed by atoms with Crippen molar-refractivity contribution in [1.82, 2.24) is 9.78 Å². The fourth-order valence-corrected chi connectivity index (χ4v) is 1.29. The molecule has 1 heterocycles. The van der Waals surface area contributed by atoms with E-state index in [0.29, 0.717) is 19.8 Å². The van der Waals surface area contributed by atoms with Crippen LogP contribution in [0.1, 0.15) is 0 Å². The van der Waals surface area contributed by atoms with Crippen molar-refractivity contribution in [1.29, 1.82) is 0 Å². The van der Waals surface area contributed by atoms with Crippen LogP contribution in [0.4, 0.5) is 0 Å². The standard InChI is InChI=1S/C8H11IN2O3/c9-7-5-8(13)11(10-6-7)1-3-14-4-2-12/h5-6,12H,1-4H2. The number of ether oxygens (including phenoxy) is 1. The first-order valence-corrected chi connectivity index (χ1v) is 5.23. The number of nitrogens with zero attached hydrogens (tertiary/aromatic N) is 2. The lowest BCUT2D eigenvalue weighted by Crippen LogP contribution is -2.24. The smallest absolute Gasteiger partial charge is 0.267 e. The summed E-state index contributed by atoms with van der Waals surface area (Å²) in [5.41, 5.74) is -0.135. The van der Waals surface area contributed by atoms with E-state index in [0.717, 1.165) is 3.57 Å². The van der Waals surface area contributed by atoms with Gasteiger partial charge in [-0.25, -0.2) is 4.68 Å². The lowest BCUT2D eigenvalue weighted by atomic mass is 10.5. The molecule has 0 spiro atoms. The van der Waals surface area contributed by atoms with Crippen LogP contribution in [0, 0.1) is 3.57 Å². The summed E-state index contributed by atoms with van der Waals surface area (Å²) in [5, 5.41) is 12.4. The molecule has 1 rings (SSSR count). The van der Waals surface area contributed by atoms with Gasteiger partial charge in [-0.15, -0.1) is 0 Å². The quantitative estimate of drug-likeness (QED) is 0.607. The molecule has 0 saturated heterocycles. The number of aliphatic hydroxyl groups excluding tert-OH is 1. The van der Waals surface area contributed by atoms with Crippen LogP contribution in [-0.2, 0) is 11.3 Å². The normalized spacial score (nSPS) is 10.4. The Kier molecular flexibility index (Phi) is 5.05. The molecular weight excluding hydrogens is 299 g/mol. The fraction of sp³-hybridized carbons (Fsp3) is 0.500. The SMILES string of the molecule is O=c1cc(I)cnn1CCOCCO. The Morgan fingerprint density at radius 3 is 3.00 bits per heavy atom. The van der Waals surface area contributed by atoms with Gasteiger partial charge >= 0.3 is 0 Å². The first-order chi connectivity index (χ1) is 6.74. The van der Waals surface area contributed by atoms with E-state index >= 15 is 0 Å². The average molecular weight is 310 g/mol. The van der Waals surface area contributed by atoms with Crippen LogP contribution in [0.5, 0.6) is 0 Å². The predicted octanol–water partition coefficient (Wildman–Crippen LogP) is -0.143. The Labute approximate surface area is 94.8 Å². The zero-order chi connectivity index (χ0) is 10.4. The maximum Gasteiger partial charge on any atom is 0.267 e. The highest BCUT2D eigenvalue weighted by atomic mass is 127. The molecule has 1 aromatic rings. The van der Waals surface area contributed by atoms with Gasteiger partial charge in [0.1, 0.15) is 0 Å². The summed E-state index contributed by atoms with van der Waals surface area (Å²) < 4.78 is 7.17. The van der Waals surface area contributed by atoms with Crippen LogP contribution in [-0.4, -0.2) is 34.7 Å². The molecule has 0 fully saturated rings. The molecule has 0 unspecified atom stereocenters. The molecule has 0 aliphatic heterocycles. The van der Waals surface area contributed by atoms with E-state index in [4.69, 9.17) is 9.84 Å². The molecule has 14 heavy (non-hydrogen) atoms. The minimum Gasteiger partial charge on any atom is -0.394 e. The molecule has 0 aliphatic carbocycles. The van der Waals surface area contributed by atoms with Crippen molar-refractivity contribution in [2.45, 2.75) is 6.54 Å². The number of hydrogen-bond acceptors (Lipinski definition) is 4. The van der Waals surface area contributed by atoms with Gasteiger partial charge in [0.05, 0.1) is 32.6 Å². The molecule has 1 aromatic heterocycles. The Bertz CT molecular complexity index is 340. The van der Waals surface area contributed by atoms with E-state index in [1.54, 1.807) is 6.20 Å². The second-order valence-corrected chi connectivity index (χ2v) is 3.82. The Balaban J connectivity index is 2.47.